The van der Waals surface area contributed by atoms with E-state index in [9.17, 15) is 14.7 Å². The minimum absolute atomic E-state index is 0.0256. The molecule has 1 heterocycles. The second-order valence-corrected chi connectivity index (χ2v) is 9.86. The van der Waals surface area contributed by atoms with Crippen molar-refractivity contribution in [3.05, 3.63) is 23.3 Å². The molecule has 1 N–H and O–H groups in total. The molecule has 0 aromatic heterocycles. The highest BCUT2D eigenvalue weighted by Gasteiger charge is 2.43. The van der Waals surface area contributed by atoms with Crippen LogP contribution in [0.15, 0.2) is 23.3 Å². The second kappa shape index (κ2) is 9.67. The number of rotatable bonds is 6. The summed E-state index contributed by atoms with van der Waals surface area (Å²) in [6, 6.07) is 0. The van der Waals surface area contributed by atoms with Crippen LogP contribution in [0.3, 0.4) is 0 Å². The summed E-state index contributed by atoms with van der Waals surface area (Å²) in [5.41, 5.74) is 2.38. The number of hydrogen-bond donors (Lipinski definition) is 1. The number of carbonyl (C=O) groups excluding carboxylic acids is 2. The van der Waals surface area contributed by atoms with E-state index in [0.29, 0.717) is 30.6 Å². The van der Waals surface area contributed by atoms with Gasteiger partial charge in [-0.3, -0.25) is 9.59 Å². The molecule has 1 aliphatic heterocycles. The van der Waals surface area contributed by atoms with Crippen molar-refractivity contribution in [2.45, 2.75) is 91.5 Å². The maximum Gasteiger partial charge on any atom is 0.308 e. The van der Waals surface area contributed by atoms with Crippen LogP contribution in [-0.2, 0) is 19.1 Å². The molecule has 0 aromatic rings. The number of fused-ring (bicyclic) bond motifs is 1. The zero-order valence-corrected chi connectivity index (χ0v) is 19.1. The van der Waals surface area contributed by atoms with Crippen LogP contribution in [-0.4, -0.2) is 35.4 Å². The molecule has 5 heteroatoms. The molecule has 168 valence electrons. The van der Waals surface area contributed by atoms with E-state index < -0.39 is 6.10 Å². The van der Waals surface area contributed by atoms with E-state index in [2.05, 4.69) is 26.8 Å². The Morgan fingerprint density at radius 3 is 2.70 bits per heavy atom. The van der Waals surface area contributed by atoms with Crippen molar-refractivity contribution in [1.29, 1.82) is 0 Å². The van der Waals surface area contributed by atoms with Crippen molar-refractivity contribution in [3.8, 4) is 0 Å². The fourth-order valence-corrected chi connectivity index (χ4v) is 5.35. The molecule has 0 aromatic carbocycles. The van der Waals surface area contributed by atoms with Gasteiger partial charge in [-0.25, -0.2) is 0 Å². The van der Waals surface area contributed by atoms with Crippen LogP contribution in [0.4, 0.5) is 0 Å². The Bertz CT molecular complexity index is 708. The van der Waals surface area contributed by atoms with Gasteiger partial charge >= 0.3 is 11.9 Å². The van der Waals surface area contributed by atoms with Crippen molar-refractivity contribution < 1.29 is 24.2 Å². The van der Waals surface area contributed by atoms with E-state index >= 15 is 0 Å². The van der Waals surface area contributed by atoms with Crippen LogP contribution in [0.5, 0.6) is 0 Å². The first-order valence-corrected chi connectivity index (χ1v) is 11.7. The monoisotopic (exact) mass is 418 g/mol. The fourth-order valence-electron chi connectivity index (χ4n) is 5.35. The molecule has 2 aliphatic carbocycles. The van der Waals surface area contributed by atoms with Crippen LogP contribution < -0.4 is 0 Å². The molecule has 8 unspecified atom stereocenters. The average Bonchev–Trinajstić information content (AvgIpc) is 2.67. The van der Waals surface area contributed by atoms with Gasteiger partial charge in [0.15, 0.2) is 0 Å². The Labute approximate surface area is 180 Å². The molecule has 1 saturated heterocycles. The van der Waals surface area contributed by atoms with E-state index in [1.165, 1.54) is 5.57 Å². The summed E-state index contributed by atoms with van der Waals surface area (Å²) in [5, 5.41) is 10.4. The van der Waals surface area contributed by atoms with Gasteiger partial charge in [-0.05, 0) is 55.9 Å². The first-order valence-electron chi connectivity index (χ1n) is 11.7. The third-order valence-corrected chi connectivity index (χ3v) is 7.44. The Kier molecular flexibility index (Phi) is 7.43. The lowest BCUT2D eigenvalue weighted by Crippen LogP contribution is -2.44. The van der Waals surface area contributed by atoms with Crippen molar-refractivity contribution in [2.24, 2.45) is 29.6 Å². The van der Waals surface area contributed by atoms with Gasteiger partial charge in [-0.2, -0.15) is 0 Å². The Morgan fingerprint density at radius 2 is 2.03 bits per heavy atom. The molecule has 3 rings (SSSR count). The molecule has 3 aliphatic rings. The highest BCUT2D eigenvalue weighted by atomic mass is 16.5. The Hall–Kier alpha value is -1.62. The fraction of sp³-hybridized carbons (Fsp3) is 0.760. The summed E-state index contributed by atoms with van der Waals surface area (Å²) in [6.45, 7) is 10.4. The molecular weight excluding hydrogens is 380 g/mol. The number of ether oxygens (including phenoxy) is 2. The van der Waals surface area contributed by atoms with Crippen LogP contribution in [0.2, 0.25) is 0 Å². The smallest absolute Gasteiger partial charge is 0.308 e. The number of aliphatic hydroxyl groups is 1. The lowest BCUT2D eigenvalue weighted by Gasteiger charge is -2.44. The highest BCUT2D eigenvalue weighted by Crippen LogP contribution is 2.46. The van der Waals surface area contributed by atoms with E-state index in [-0.39, 0.29) is 36.0 Å². The lowest BCUT2D eigenvalue weighted by molar-refractivity contribution is -0.161. The average molecular weight is 419 g/mol. The van der Waals surface area contributed by atoms with Crippen molar-refractivity contribution >= 4 is 11.9 Å². The molecule has 0 amide bonds. The zero-order valence-electron chi connectivity index (χ0n) is 19.1. The van der Waals surface area contributed by atoms with Crippen LogP contribution in [0.25, 0.3) is 0 Å². The van der Waals surface area contributed by atoms with Crippen LogP contribution >= 0.6 is 0 Å². The predicted octanol–water partition coefficient (Wildman–Crippen LogP) is 4.59. The normalized spacial score (nSPS) is 37.4. The second-order valence-electron chi connectivity index (χ2n) is 9.86. The van der Waals surface area contributed by atoms with Gasteiger partial charge in [-0.1, -0.05) is 45.4 Å². The molecule has 8 atom stereocenters. The van der Waals surface area contributed by atoms with Gasteiger partial charge in [0, 0.05) is 18.8 Å². The topological polar surface area (TPSA) is 72.8 Å². The van der Waals surface area contributed by atoms with Gasteiger partial charge in [0.1, 0.15) is 12.2 Å². The van der Waals surface area contributed by atoms with Gasteiger partial charge in [-0.15, -0.1) is 0 Å². The quantitative estimate of drug-likeness (QED) is 0.639. The molecule has 1 fully saturated rings. The van der Waals surface area contributed by atoms with E-state index in [0.717, 1.165) is 31.3 Å². The number of aliphatic hydroxyl groups excluding tert-OH is 1. The maximum atomic E-state index is 12.6. The van der Waals surface area contributed by atoms with Crippen LogP contribution in [0, 0.1) is 29.6 Å². The van der Waals surface area contributed by atoms with Gasteiger partial charge in [0.25, 0.3) is 0 Å². The third kappa shape index (κ3) is 5.16. The molecule has 0 radical (unpaired) electrons. The maximum absolute atomic E-state index is 12.6. The zero-order chi connectivity index (χ0) is 22.0. The number of esters is 2. The Balaban J connectivity index is 1.79. The summed E-state index contributed by atoms with van der Waals surface area (Å²) >= 11 is 0. The molecule has 5 nitrogen and oxygen atoms in total. The van der Waals surface area contributed by atoms with E-state index in [4.69, 9.17) is 9.47 Å². The van der Waals surface area contributed by atoms with Crippen molar-refractivity contribution in [3.63, 3.8) is 0 Å². The number of hydrogen-bond acceptors (Lipinski definition) is 5. The predicted molar refractivity (Wildman–Crippen MR) is 115 cm³/mol. The van der Waals surface area contributed by atoms with E-state index in [1.807, 2.05) is 19.9 Å². The van der Waals surface area contributed by atoms with Crippen molar-refractivity contribution in [2.75, 3.05) is 0 Å². The Morgan fingerprint density at radius 1 is 1.30 bits per heavy atom. The van der Waals surface area contributed by atoms with Gasteiger partial charge in [0.2, 0.25) is 0 Å². The summed E-state index contributed by atoms with van der Waals surface area (Å²) in [5.74, 6) is 0.680. The number of allylic oxidation sites excluding steroid dienone is 2. The first-order chi connectivity index (χ1) is 14.2. The third-order valence-electron chi connectivity index (χ3n) is 7.44. The largest absolute Gasteiger partial charge is 0.462 e. The summed E-state index contributed by atoms with van der Waals surface area (Å²) in [4.78, 5) is 24.4. The minimum Gasteiger partial charge on any atom is -0.462 e. The number of carbonyl (C=O) groups is 2. The summed E-state index contributed by atoms with van der Waals surface area (Å²) < 4.78 is 11.6. The lowest BCUT2D eigenvalue weighted by atomic mass is 9.64. The summed E-state index contributed by atoms with van der Waals surface area (Å²) in [6.07, 6.45) is 7.53. The molecule has 0 bridgehead atoms. The molecule has 0 saturated carbocycles. The number of cyclic esters (lactones) is 1. The van der Waals surface area contributed by atoms with Gasteiger partial charge < -0.3 is 14.6 Å². The van der Waals surface area contributed by atoms with Gasteiger partial charge in [0.05, 0.1) is 12.0 Å². The molecule has 0 spiro atoms. The van der Waals surface area contributed by atoms with E-state index in [1.54, 1.807) is 0 Å². The standard InChI is InChI=1S/C25H38O5/c1-6-15(3)25(28)30-22-13-19(26)12-18-11-16(4)17(5)21(24(18)22)8-7-20-9-14(2)10-23(27)29-20/h11-12,14-15,17,19-22,24,26H,6-10,13H2,1-5H3. The molecule has 30 heavy (non-hydrogen) atoms. The minimum atomic E-state index is -0.593. The molecular formula is C25H38O5. The van der Waals surface area contributed by atoms with Crippen molar-refractivity contribution in [1.82, 2.24) is 0 Å². The first kappa shape index (κ1) is 23.1. The van der Waals surface area contributed by atoms with Crippen LogP contribution in [0.1, 0.15) is 73.1 Å². The SMILES string of the molecule is CCC(C)C(=O)OC1CC(O)C=C2C=C(C)C(C)C(CCC3CC(C)CC(=O)O3)C21. The highest BCUT2D eigenvalue weighted by molar-refractivity contribution is 5.72. The summed E-state index contributed by atoms with van der Waals surface area (Å²) in [7, 11) is 0.